The molecule has 12 heavy (non-hydrogen) atoms. The molecule has 0 saturated carbocycles. The van der Waals surface area contributed by atoms with Gasteiger partial charge in [0, 0.05) is 6.61 Å². The second kappa shape index (κ2) is 4.63. The van der Waals surface area contributed by atoms with Gasteiger partial charge in [0.1, 0.15) is 0 Å². The van der Waals surface area contributed by atoms with E-state index in [2.05, 4.69) is 6.58 Å². The lowest BCUT2D eigenvalue weighted by Crippen LogP contribution is -2.39. The SMILES string of the molecule is C=C(C)CC(O)C(C)(C)OCC. The summed E-state index contributed by atoms with van der Waals surface area (Å²) in [5.74, 6) is 0. The van der Waals surface area contributed by atoms with E-state index in [0.29, 0.717) is 13.0 Å². The lowest BCUT2D eigenvalue weighted by molar-refractivity contribution is -0.0954. The molecule has 0 aromatic heterocycles. The van der Waals surface area contributed by atoms with Gasteiger partial charge in [-0.1, -0.05) is 5.57 Å². The maximum Gasteiger partial charge on any atom is 0.0887 e. The van der Waals surface area contributed by atoms with Gasteiger partial charge in [-0.05, 0) is 34.1 Å². The van der Waals surface area contributed by atoms with Crippen molar-refractivity contribution < 1.29 is 9.84 Å². The maximum absolute atomic E-state index is 9.69. The number of hydrogen-bond donors (Lipinski definition) is 1. The molecule has 0 aliphatic rings. The highest BCUT2D eigenvalue weighted by Gasteiger charge is 2.27. The number of ether oxygens (including phenoxy) is 1. The Balaban J connectivity index is 4.04. The Bertz CT molecular complexity index is 150. The normalized spacial score (nSPS) is 14.4. The molecule has 1 N–H and O–H groups in total. The minimum atomic E-state index is -0.465. The van der Waals surface area contributed by atoms with Gasteiger partial charge >= 0.3 is 0 Å². The van der Waals surface area contributed by atoms with Crippen LogP contribution in [0.25, 0.3) is 0 Å². The Morgan fingerprint density at radius 3 is 2.42 bits per heavy atom. The largest absolute Gasteiger partial charge is 0.390 e. The van der Waals surface area contributed by atoms with Crippen LogP contribution in [0, 0.1) is 0 Å². The van der Waals surface area contributed by atoms with Crippen molar-refractivity contribution in [3.8, 4) is 0 Å². The average molecular weight is 172 g/mol. The number of hydrogen-bond acceptors (Lipinski definition) is 2. The molecule has 0 amide bonds. The van der Waals surface area contributed by atoms with Crippen LogP contribution in [0.3, 0.4) is 0 Å². The van der Waals surface area contributed by atoms with Crippen molar-refractivity contribution in [2.75, 3.05) is 6.61 Å². The predicted molar refractivity (Wildman–Crippen MR) is 51.1 cm³/mol. The molecular weight excluding hydrogens is 152 g/mol. The lowest BCUT2D eigenvalue weighted by atomic mass is 9.96. The van der Waals surface area contributed by atoms with E-state index in [1.807, 2.05) is 27.7 Å². The third kappa shape index (κ3) is 3.88. The zero-order chi connectivity index (χ0) is 9.78. The van der Waals surface area contributed by atoms with E-state index in [4.69, 9.17) is 4.74 Å². The summed E-state index contributed by atoms with van der Waals surface area (Å²) >= 11 is 0. The fraction of sp³-hybridized carbons (Fsp3) is 0.800. The van der Waals surface area contributed by atoms with Crippen molar-refractivity contribution in [3.63, 3.8) is 0 Å². The van der Waals surface area contributed by atoms with Crippen LogP contribution in [0.2, 0.25) is 0 Å². The van der Waals surface area contributed by atoms with Gasteiger partial charge in [0.05, 0.1) is 11.7 Å². The van der Waals surface area contributed by atoms with Crippen LogP contribution >= 0.6 is 0 Å². The Kier molecular flexibility index (Phi) is 4.50. The molecule has 0 aliphatic heterocycles. The molecule has 0 spiro atoms. The third-order valence-electron chi connectivity index (χ3n) is 1.86. The number of aliphatic hydroxyl groups excluding tert-OH is 1. The Morgan fingerprint density at radius 1 is 1.58 bits per heavy atom. The van der Waals surface area contributed by atoms with Gasteiger partial charge in [0.25, 0.3) is 0 Å². The van der Waals surface area contributed by atoms with Gasteiger partial charge in [-0.2, -0.15) is 0 Å². The van der Waals surface area contributed by atoms with Gasteiger partial charge in [0.2, 0.25) is 0 Å². The molecule has 0 saturated heterocycles. The molecule has 72 valence electrons. The van der Waals surface area contributed by atoms with Gasteiger partial charge in [-0.3, -0.25) is 0 Å². The van der Waals surface area contributed by atoms with E-state index in [-0.39, 0.29) is 0 Å². The zero-order valence-electron chi connectivity index (χ0n) is 8.55. The fourth-order valence-corrected chi connectivity index (χ4v) is 1.04. The van der Waals surface area contributed by atoms with Gasteiger partial charge in [-0.25, -0.2) is 0 Å². The topological polar surface area (TPSA) is 29.5 Å². The Hall–Kier alpha value is -0.340. The molecule has 0 aliphatic carbocycles. The fourth-order valence-electron chi connectivity index (χ4n) is 1.04. The van der Waals surface area contributed by atoms with Crippen molar-refractivity contribution in [3.05, 3.63) is 12.2 Å². The van der Waals surface area contributed by atoms with Crippen molar-refractivity contribution >= 4 is 0 Å². The highest BCUT2D eigenvalue weighted by atomic mass is 16.5. The first-order valence-electron chi connectivity index (χ1n) is 4.36. The summed E-state index contributed by atoms with van der Waals surface area (Å²) in [5.41, 5.74) is 0.517. The van der Waals surface area contributed by atoms with E-state index in [0.717, 1.165) is 5.57 Å². The zero-order valence-corrected chi connectivity index (χ0v) is 8.55. The molecule has 1 unspecified atom stereocenters. The maximum atomic E-state index is 9.69. The standard InChI is InChI=1S/C10H20O2/c1-6-12-10(4,5)9(11)7-8(2)3/h9,11H,2,6-7H2,1,3-5H3. The summed E-state index contributed by atoms with van der Waals surface area (Å²) in [6, 6.07) is 0. The van der Waals surface area contributed by atoms with E-state index >= 15 is 0 Å². The lowest BCUT2D eigenvalue weighted by Gasteiger charge is -2.30. The quantitative estimate of drug-likeness (QED) is 0.644. The molecular formula is C10H20O2. The average Bonchev–Trinajstić information content (AvgIpc) is 1.85. The summed E-state index contributed by atoms with van der Waals surface area (Å²) in [6.07, 6.45) is 0.141. The third-order valence-corrected chi connectivity index (χ3v) is 1.86. The first-order chi connectivity index (χ1) is 5.40. The van der Waals surface area contributed by atoms with Crippen LogP contribution in [0.1, 0.15) is 34.1 Å². The minimum absolute atomic E-state index is 0.463. The number of rotatable bonds is 5. The van der Waals surface area contributed by atoms with E-state index in [1.165, 1.54) is 0 Å². The summed E-state index contributed by atoms with van der Waals surface area (Å²) in [7, 11) is 0. The van der Waals surface area contributed by atoms with Crippen LogP contribution in [0.4, 0.5) is 0 Å². The van der Waals surface area contributed by atoms with Crippen molar-refractivity contribution in [1.82, 2.24) is 0 Å². The monoisotopic (exact) mass is 172 g/mol. The second-order valence-corrected chi connectivity index (χ2v) is 3.71. The van der Waals surface area contributed by atoms with Crippen LogP contribution in [-0.4, -0.2) is 23.4 Å². The Morgan fingerprint density at radius 2 is 2.08 bits per heavy atom. The van der Waals surface area contributed by atoms with E-state index in [1.54, 1.807) is 0 Å². The van der Waals surface area contributed by atoms with Crippen LogP contribution in [-0.2, 0) is 4.74 Å². The molecule has 1 atom stereocenters. The molecule has 0 aromatic carbocycles. The summed E-state index contributed by atoms with van der Waals surface area (Å²) in [5, 5.41) is 9.69. The van der Waals surface area contributed by atoms with Gasteiger partial charge < -0.3 is 9.84 Å². The molecule has 0 rings (SSSR count). The Labute approximate surface area is 75.2 Å². The summed E-state index contributed by atoms with van der Waals surface area (Å²) in [4.78, 5) is 0. The summed E-state index contributed by atoms with van der Waals surface area (Å²) < 4.78 is 5.40. The second-order valence-electron chi connectivity index (χ2n) is 3.71. The van der Waals surface area contributed by atoms with Crippen LogP contribution in [0.15, 0.2) is 12.2 Å². The molecule has 0 bridgehead atoms. The smallest absolute Gasteiger partial charge is 0.0887 e. The highest BCUT2D eigenvalue weighted by molar-refractivity contribution is 4.95. The van der Waals surface area contributed by atoms with E-state index < -0.39 is 11.7 Å². The molecule has 0 aromatic rings. The predicted octanol–water partition coefficient (Wildman–Crippen LogP) is 2.13. The molecule has 0 radical (unpaired) electrons. The van der Waals surface area contributed by atoms with Crippen LogP contribution in [0.5, 0.6) is 0 Å². The van der Waals surface area contributed by atoms with Gasteiger partial charge in [-0.15, -0.1) is 6.58 Å². The molecule has 0 heterocycles. The van der Waals surface area contributed by atoms with Crippen molar-refractivity contribution in [2.45, 2.75) is 45.8 Å². The minimum Gasteiger partial charge on any atom is -0.390 e. The molecule has 2 heteroatoms. The van der Waals surface area contributed by atoms with Gasteiger partial charge in [0.15, 0.2) is 0 Å². The first-order valence-corrected chi connectivity index (χ1v) is 4.36. The highest BCUT2D eigenvalue weighted by Crippen LogP contribution is 2.19. The summed E-state index contributed by atoms with van der Waals surface area (Å²) in [6.45, 7) is 12.0. The van der Waals surface area contributed by atoms with Crippen molar-refractivity contribution in [1.29, 1.82) is 0 Å². The molecule has 2 nitrogen and oxygen atoms in total. The first kappa shape index (κ1) is 11.7. The number of aliphatic hydroxyl groups is 1. The van der Waals surface area contributed by atoms with Crippen molar-refractivity contribution in [2.24, 2.45) is 0 Å². The molecule has 0 fully saturated rings. The van der Waals surface area contributed by atoms with E-state index in [9.17, 15) is 5.11 Å². The van der Waals surface area contributed by atoms with Crippen LogP contribution < -0.4 is 0 Å².